The molecule has 0 atom stereocenters. The highest BCUT2D eigenvalue weighted by Gasteiger charge is 2.09. The van der Waals surface area contributed by atoms with Gasteiger partial charge in [0.25, 0.3) is 0 Å². The number of nitrogens with zero attached hydrogens (tertiary/aromatic N) is 4. The number of aliphatic hydroxyl groups excluding tert-OH is 1. The largest absolute Gasteiger partial charge is 0.394 e. The average Bonchev–Trinajstić information content (AvgIpc) is 3.07. The van der Waals surface area contributed by atoms with E-state index in [2.05, 4.69) is 20.6 Å². The molecule has 2 aromatic heterocycles. The SMILES string of the molecule is OCCn1cc(CNc2c(Cl)ccc3scnc23)nn1. The molecule has 0 aliphatic carbocycles. The fourth-order valence-corrected chi connectivity index (χ4v) is 2.79. The van der Waals surface area contributed by atoms with E-state index in [4.69, 9.17) is 16.7 Å². The van der Waals surface area contributed by atoms with Crippen LogP contribution in [0, 0.1) is 0 Å². The summed E-state index contributed by atoms with van der Waals surface area (Å²) in [6.07, 6.45) is 1.79. The first-order valence-electron chi connectivity index (χ1n) is 6.03. The van der Waals surface area contributed by atoms with Crippen LogP contribution in [0.15, 0.2) is 23.8 Å². The topological polar surface area (TPSA) is 75.9 Å². The molecule has 8 heteroatoms. The summed E-state index contributed by atoms with van der Waals surface area (Å²) in [5, 5.41) is 20.7. The van der Waals surface area contributed by atoms with Crippen LogP contribution in [0.1, 0.15) is 5.69 Å². The Hall–Kier alpha value is -1.70. The van der Waals surface area contributed by atoms with Crippen LogP contribution in [0.3, 0.4) is 0 Å². The highest BCUT2D eigenvalue weighted by atomic mass is 35.5. The van der Waals surface area contributed by atoms with Crippen LogP contribution in [0.25, 0.3) is 10.2 Å². The molecule has 0 amide bonds. The molecule has 0 radical (unpaired) electrons. The summed E-state index contributed by atoms with van der Waals surface area (Å²) in [5.41, 5.74) is 4.25. The van der Waals surface area contributed by atoms with Crippen molar-refractivity contribution in [3.8, 4) is 0 Å². The minimum Gasteiger partial charge on any atom is -0.394 e. The van der Waals surface area contributed by atoms with E-state index >= 15 is 0 Å². The van der Waals surface area contributed by atoms with Crippen LogP contribution < -0.4 is 5.32 Å². The number of anilines is 1. The summed E-state index contributed by atoms with van der Waals surface area (Å²) in [6, 6.07) is 3.81. The number of hydrogen-bond acceptors (Lipinski definition) is 6. The highest BCUT2D eigenvalue weighted by molar-refractivity contribution is 7.16. The van der Waals surface area contributed by atoms with E-state index in [1.807, 2.05) is 12.1 Å². The van der Waals surface area contributed by atoms with Crippen molar-refractivity contribution >= 4 is 38.8 Å². The van der Waals surface area contributed by atoms with Crippen molar-refractivity contribution in [2.75, 3.05) is 11.9 Å². The summed E-state index contributed by atoms with van der Waals surface area (Å²) in [4.78, 5) is 4.32. The third-order valence-electron chi connectivity index (χ3n) is 2.81. The second kappa shape index (κ2) is 5.74. The van der Waals surface area contributed by atoms with Gasteiger partial charge in [-0.15, -0.1) is 16.4 Å². The van der Waals surface area contributed by atoms with Gasteiger partial charge in [0.15, 0.2) is 0 Å². The molecule has 6 nitrogen and oxygen atoms in total. The minimum atomic E-state index is 0.0419. The molecule has 0 spiro atoms. The molecule has 0 saturated carbocycles. The van der Waals surface area contributed by atoms with Crippen molar-refractivity contribution < 1.29 is 5.11 Å². The molecule has 0 unspecified atom stereocenters. The zero-order chi connectivity index (χ0) is 13.9. The molecule has 20 heavy (non-hydrogen) atoms. The Morgan fingerprint density at radius 3 is 3.15 bits per heavy atom. The molecule has 3 aromatic rings. The molecular weight excluding hydrogens is 298 g/mol. The van der Waals surface area contributed by atoms with Gasteiger partial charge in [0.2, 0.25) is 0 Å². The molecule has 0 aliphatic heterocycles. The Balaban J connectivity index is 1.79. The first-order valence-corrected chi connectivity index (χ1v) is 7.29. The van der Waals surface area contributed by atoms with Crippen LogP contribution in [0.5, 0.6) is 0 Å². The van der Waals surface area contributed by atoms with E-state index in [0.29, 0.717) is 18.1 Å². The predicted molar refractivity (Wildman–Crippen MR) is 79.1 cm³/mol. The summed E-state index contributed by atoms with van der Waals surface area (Å²) in [5.74, 6) is 0. The fourth-order valence-electron chi connectivity index (χ4n) is 1.88. The van der Waals surface area contributed by atoms with Gasteiger partial charge in [0.1, 0.15) is 11.2 Å². The van der Waals surface area contributed by atoms with Gasteiger partial charge in [-0.1, -0.05) is 16.8 Å². The Kier molecular flexibility index (Phi) is 3.81. The third kappa shape index (κ3) is 2.60. The van der Waals surface area contributed by atoms with E-state index in [0.717, 1.165) is 21.6 Å². The van der Waals surface area contributed by atoms with Gasteiger partial charge in [-0.05, 0) is 12.1 Å². The zero-order valence-corrected chi connectivity index (χ0v) is 12.0. The lowest BCUT2D eigenvalue weighted by atomic mass is 10.3. The van der Waals surface area contributed by atoms with Crippen molar-refractivity contribution in [3.05, 3.63) is 34.6 Å². The van der Waals surface area contributed by atoms with Gasteiger partial charge in [0.05, 0.1) is 46.8 Å². The lowest BCUT2D eigenvalue weighted by molar-refractivity contribution is 0.268. The van der Waals surface area contributed by atoms with Crippen molar-refractivity contribution in [2.24, 2.45) is 0 Å². The van der Waals surface area contributed by atoms with E-state index in [1.54, 1.807) is 27.7 Å². The summed E-state index contributed by atoms with van der Waals surface area (Å²) in [6.45, 7) is 0.984. The van der Waals surface area contributed by atoms with Gasteiger partial charge in [-0.25, -0.2) is 9.67 Å². The quantitative estimate of drug-likeness (QED) is 0.755. The number of thiazole rings is 1. The van der Waals surface area contributed by atoms with Gasteiger partial charge < -0.3 is 10.4 Å². The van der Waals surface area contributed by atoms with Crippen LogP contribution in [-0.4, -0.2) is 31.7 Å². The van der Waals surface area contributed by atoms with Gasteiger partial charge in [-0.2, -0.15) is 0 Å². The maximum Gasteiger partial charge on any atom is 0.106 e. The predicted octanol–water partition coefficient (Wildman–Crippen LogP) is 2.15. The van der Waals surface area contributed by atoms with E-state index in [-0.39, 0.29) is 6.61 Å². The zero-order valence-electron chi connectivity index (χ0n) is 10.5. The molecule has 0 bridgehead atoms. The average molecular weight is 310 g/mol. The molecule has 3 rings (SSSR count). The van der Waals surface area contributed by atoms with Crippen molar-refractivity contribution in [1.29, 1.82) is 0 Å². The van der Waals surface area contributed by atoms with Crippen LogP contribution in [-0.2, 0) is 13.1 Å². The molecule has 0 aliphatic rings. The molecule has 1 aromatic carbocycles. The van der Waals surface area contributed by atoms with Crippen molar-refractivity contribution in [3.63, 3.8) is 0 Å². The molecule has 0 saturated heterocycles. The molecule has 0 fully saturated rings. The summed E-state index contributed by atoms with van der Waals surface area (Å²) < 4.78 is 2.68. The molecule has 2 heterocycles. The smallest absolute Gasteiger partial charge is 0.106 e. The number of fused-ring (bicyclic) bond motifs is 1. The Bertz CT molecular complexity index is 726. The first-order chi connectivity index (χ1) is 9.78. The van der Waals surface area contributed by atoms with Crippen molar-refractivity contribution in [1.82, 2.24) is 20.0 Å². The normalized spacial score (nSPS) is 11.1. The Morgan fingerprint density at radius 2 is 2.30 bits per heavy atom. The summed E-state index contributed by atoms with van der Waals surface area (Å²) in [7, 11) is 0. The van der Waals surface area contributed by atoms with E-state index in [1.165, 1.54) is 0 Å². The third-order valence-corrected chi connectivity index (χ3v) is 3.92. The van der Waals surface area contributed by atoms with Crippen LogP contribution in [0.2, 0.25) is 5.02 Å². The van der Waals surface area contributed by atoms with E-state index < -0.39 is 0 Å². The molecular formula is C12H12ClN5OS. The van der Waals surface area contributed by atoms with Crippen molar-refractivity contribution in [2.45, 2.75) is 13.1 Å². The number of halogens is 1. The van der Waals surface area contributed by atoms with E-state index in [9.17, 15) is 0 Å². The number of aromatic nitrogens is 4. The highest BCUT2D eigenvalue weighted by Crippen LogP contribution is 2.32. The number of nitrogens with one attached hydrogen (secondary N) is 1. The first kappa shape index (κ1) is 13.3. The monoisotopic (exact) mass is 309 g/mol. The maximum absolute atomic E-state index is 8.84. The molecule has 104 valence electrons. The van der Waals surface area contributed by atoms with Gasteiger partial charge in [-0.3, -0.25) is 0 Å². The molecule has 2 N–H and O–H groups in total. The fraction of sp³-hybridized carbons (Fsp3) is 0.250. The summed E-state index contributed by atoms with van der Waals surface area (Å²) >= 11 is 7.78. The van der Waals surface area contributed by atoms with Gasteiger partial charge >= 0.3 is 0 Å². The van der Waals surface area contributed by atoms with Gasteiger partial charge in [0, 0.05) is 0 Å². The second-order valence-corrected chi connectivity index (χ2v) is 5.47. The number of aliphatic hydroxyl groups is 1. The Morgan fingerprint density at radius 1 is 1.40 bits per heavy atom. The second-order valence-electron chi connectivity index (χ2n) is 4.17. The number of hydrogen-bond donors (Lipinski definition) is 2. The minimum absolute atomic E-state index is 0.0419. The van der Waals surface area contributed by atoms with Crippen LogP contribution in [0.4, 0.5) is 5.69 Å². The number of rotatable bonds is 5. The standard InChI is InChI=1S/C12H12ClN5OS/c13-9-1-2-10-12(15-7-20-10)11(9)14-5-8-6-18(3-4-19)17-16-8/h1-2,6-7,14,19H,3-5H2. The number of benzene rings is 1. The lowest BCUT2D eigenvalue weighted by Gasteiger charge is -2.07. The van der Waals surface area contributed by atoms with Crippen LogP contribution >= 0.6 is 22.9 Å². The Labute approximate surface area is 124 Å². The maximum atomic E-state index is 8.84. The lowest BCUT2D eigenvalue weighted by Crippen LogP contribution is -2.02.